The number of thiophene rings is 1. The zero-order chi connectivity index (χ0) is 20.8. The van der Waals surface area contributed by atoms with Crippen LogP contribution in [0, 0.1) is 5.82 Å². The average molecular weight is 417 g/mol. The molecule has 7 nitrogen and oxygen atoms in total. The summed E-state index contributed by atoms with van der Waals surface area (Å²) in [5.41, 5.74) is 1.60. The van der Waals surface area contributed by atoms with E-state index in [0.29, 0.717) is 11.7 Å². The molecule has 0 aliphatic rings. The molecule has 152 valence electrons. The molecule has 0 saturated carbocycles. The maximum absolute atomic E-state index is 13.0. The fraction of sp³-hybridized carbons (Fsp3) is 0.300. The van der Waals surface area contributed by atoms with Gasteiger partial charge in [-0.1, -0.05) is 17.3 Å². The van der Waals surface area contributed by atoms with E-state index in [2.05, 4.69) is 15.5 Å². The first-order chi connectivity index (χ1) is 13.9. The molecule has 1 aromatic carbocycles. The highest BCUT2D eigenvalue weighted by Gasteiger charge is 2.20. The number of nitrogens with one attached hydrogen (secondary N) is 1. The summed E-state index contributed by atoms with van der Waals surface area (Å²) in [6.45, 7) is 3.26. The Kier molecular flexibility index (Phi) is 6.71. The number of hydrogen-bond acceptors (Lipinski definition) is 7. The second-order valence-electron chi connectivity index (χ2n) is 6.44. The Balaban J connectivity index is 1.44. The van der Waals surface area contributed by atoms with Crippen molar-refractivity contribution in [2.45, 2.75) is 38.8 Å². The zero-order valence-corrected chi connectivity index (χ0v) is 16.7. The van der Waals surface area contributed by atoms with E-state index in [4.69, 9.17) is 9.26 Å². The van der Waals surface area contributed by atoms with Gasteiger partial charge >= 0.3 is 5.97 Å². The van der Waals surface area contributed by atoms with E-state index in [0.717, 1.165) is 11.1 Å². The van der Waals surface area contributed by atoms with Crippen molar-refractivity contribution in [2.75, 3.05) is 0 Å². The molecule has 2 unspecified atom stereocenters. The van der Waals surface area contributed by atoms with E-state index >= 15 is 0 Å². The van der Waals surface area contributed by atoms with Crippen LogP contribution in [0.3, 0.4) is 0 Å². The lowest BCUT2D eigenvalue weighted by Gasteiger charge is -2.18. The van der Waals surface area contributed by atoms with E-state index in [1.807, 2.05) is 16.8 Å². The lowest BCUT2D eigenvalue weighted by Crippen LogP contribution is -2.37. The fourth-order valence-corrected chi connectivity index (χ4v) is 3.18. The smallest absolute Gasteiger partial charge is 0.307 e. The first kappa shape index (κ1) is 20.7. The second-order valence-corrected chi connectivity index (χ2v) is 7.22. The van der Waals surface area contributed by atoms with Crippen LogP contribution in [0.1, 0.15) is 37.8 Å². The third-order valence-electron chi connectivity index (χ3n) is 4.20. The summed E-state index contributed by atoms with van der Waals surface area (Å²) in [4.78, 5) is 28.5. The molecule has 0 radical (unpaired) electrons. The molecule has 2 atom stereocenters. The number of benzene rings is 1. The fourth-order valence-electron chi connectivity index (χ4n) is 2.55. The van der Waals surface area contributed by atoms with Crippen molar-refractivity contribution in [3.05, 3.63) is 58.4 Å². The van der Waals surface area contributed by atoms with E-state index in [9.17, 15) is 14.0 Å². The molecule has 0 bridgehead atoms. The van der Waals surface area contributed by atoms with Crippen LogP contribution in [0.25, 0.3) is 11.4 Å². The van der Waals surface area contributed by atoms with Gasteiger partial charge in [-0.2, -0.15) is 16.3 Å². The van der Waals surface area contributed by atoms with Crippen molar-refractivity contribution in [3.8, 4) is 11.4 Å². The minimum absolute atomic E-state index is 0.0103. The van der Waals surface area contributed by atoms with Crippen molar-refractivity contribution in [2.24, 2.45) is 0 Å². The standard InChI is InChI=1S/C20H20FN3O4S/c1-12(14-3-5-16(21)6-4-14)22-20(26)13(2)27-18(25)8-7-17-23-19(24-28-17)15-9-10-29-11-15/h3-6,9-13H,7-8H2,1-2H3,(H,22,26). The maximum atomic E-state index is 13.0. The molecule has 0 fully saturated rings. The van der Waals surface area contributed by atoms with Crippen LogP contribution in [0.2, 0.25) is 0 Å². The summed E-state index contributed by atoms with van der Waals surface area (Å²) in [6, 6.07) is 7.35. The molecule has 29 heavy (non-hydrogen) atoms. The second kappa shape index (κ2) is 9.42. The number of carbonyl (C=O) groups excluding carboxylic acids is 2. The third kappa shape index (κ3) is 5.71. The molecule has 0 aliphatic carbocycles. The summed E-state index contributed by atoms with van der Waals surface area (Å²) < 4.78 is 23.3. The molecule has 3 aromatic rings. The summed E-state index contributed by atoms with van der Waals surface area (Å²) in [7, 11) is 0. The molecule has 3 rings (SSSR count). The molecule has 2 heterocycles. The molecule has 0 spiro atoms. The van der Waals surface area contributed by atoms with Crippen LogP contribution >= 0.6 is 11.3 Å². The van der Waals surface area contributed by atoms with Crippen LogP contribution in [-0.2, 0) is 20.7 Å². The van der Waals surface area contributed by atoms with Gasteiger partial charge in [0.25, 0.3) is 5.91 Å². The number of ether oxygens (including phenoxy) is 1. The Hall–Kier alpha value is -3.07. The summed E-state index contributed by atoms with van der Waals surface area (Å²) >= 11 is 1.52. The van der Waals surface area contributed by atoms with Gasteiger partial charge in [0, 0.05) is 17.4 Å². The Morgan fingerprint density at radius 3 is 2.69 bits per heavy atom. The predicted molar refractivity (Wildman–Crippen MR) is 104 cm³/mol. The molecule has 0 saturated heterocycles. The van der Waals surface area contributed by atoms with Crippen LogP contribution in [-0.4, -0.2) is 28.1 Å². The Morgan fingerprint density at radius 1 is 1.24 bits per heavy atom. The molecule has 1 amide bonds. The van der Waals surface area contributed by atoms with E-state index in [-0.39, 0.29) is 24.7 Å². The molecule has 0 aliphatic heterocycles. The number of nitrogens with zero attached hydrogens (tertiary/aromatic N) is 2. The number of rotatable bonds is 8. The lowest BCUT2D eigenvalue weighted by atomic mass is 10.1. The monoisotopic (exact) mass is 417 g/mol. The highest BCUT2D eigenvalue weighted by molar-refractivity contribution is 7.08. The minimum Gasteiger partial charge on any atom is -0.453 e. The molecular weight excluding hydrogens is 397 g/mol. The zero-order valence-electron chi connectivity index (χ0n) is 15.9. The Labute approximate surface area is 170 Å². The van der Waals surface area contributed by atoms with Crippen LogP contribution in [0.5, 0.6) is 0 Å². The molecule has 1 N–H and O–H groups in total. The minimum atomic E-state index is -0.963. The Bertz CT molecular complexity index is 957. The quantitative estimate of drug-likeness (QED) is 0.562. The average Bonchev–Trinajstić information content (AvgIpc) is 3.38. The number of halogens is 1. The van der Waals surface area contributed by atoms with Gasteiger partial charge in [-0.3, -0.25) is 9.59 Å². The van der Waals surface area contributed by atoms with Gasteiger partial charge in [-0.25, -0.2) is 4.39 Å². The Morgan fingerprint density at radius 2 is 2.00 bits per heavy atom. The van der Waals surface area contributed by atoms with Crippen molar-refractivity contribution < 1.29 is 23.2 Å². The number of aryl methyl sites for hydroxylation is 1. The number of aromatic nitrogens is 2. The van der Waals surface area contributed by atoms with Gasteiger partial charge in [-0.05, 0) is 43.0 Å². The summed E-state index contributed by atoms with van der Waals surface area (Å²) in [5, 5.41) is 10.4. The summed E-state index contributed by atoms with van der Waals surface area (Å²) in [5.74, 6) is -0.536. The summed E-state index contributed by atoms with van der Waals surface area (Å²) in [6.07, 6.45) is -0.735. The van der Waals surface area contributed by atoms with Gasteiger partial charge in [0.1, 0.15) is 5.82 Å². The van der Waals surface area contributed by atoms with E-state index in [1.54, 1.807) is 19.1 Å². The highest BCUT2D eigenvalue weighted by atomic mass is 32.1. The van der Waals surface area contributed by atoms with Crippen LogP contribution in [0.4, 0.5) is 4.39 Å². The van der Waals surface area contributed by atoms with Crippen molar-refractivity contribution in [1.82, 2.24) is 15.5 Å². The third-order valence-corrected chi connectivity index (χ3v) is 4.88. The van der Waals surface area contributed by atoms with E-state index < -0.39 is 18.0 Å². The largest absolute Gasteiger partial charge is 0.453 e. The topological polar surface area (TPSA) is 94.3 Å². The first-order valence-electron chi connectivity index (χ1n) is 9.03. The van der Waals surface area contributed by atoms with Gasteiger partial charge in [0.2, 0.25) is 11.7 Å². The van der Waals surface area contributed by atoms with Crippen LogP contribution < -0.4 is 5.32 Å². The SMILES string of the molecule is CC(OC(=O)CCc1nc(-c2ccsc2)no1)C(=O)NC(C)c1ccc(F)cc1. The number of esters is 1. The normalized spacial score (nSPS) is 12.9. The van der Waals surface area contributed by atoms with Crippen molar-refractivity contribution in [1.29, 1.82) is 0 Å². The number of hydrogen-bond donors (Lipinski definition) is 1. The van der Waals surface area contributed by atoms with Gasteiger partial charge in [-0.15, -0.1) is 0 Å². The van der Waals surface area contributed by atoms with Crippen molar-refractivity contribution in [3.63, 3.8) is 0 Å². The first-order valence-corrected chi connectivity index (χ1v) is 9.97. The maximum Gasteiger partial charge on any atom is 0.307 e. The molecular formula is C20H20FN3O4S. The van der Waals surface area contributed by atoms with Crippen molar-refractivity contribution >= 4 is 23.2 Å². The highest BCUT2D eigenvalue weighted by Crippen LogP contribution is 2.19. The van der Waals surface area contributed by atoms with Crippen LogP contribution in [0.15, 0.2) is 45.6 Å². The number of carbonyl (C=O) groups is 2. The molecule has 9 heteroatoms. The lowest BCUT2D eigenvalue weighted by molar-refractivity contribution is -0.155. The van der Waals surface area contributed by atoms with Gasteiger partial charge in [0.15, 0.2) is 6.10 Å². The number of amides is 1. The van der Waals surface area contributed by atoms with Gasteiger partial charge < -0.3 is 14.6 Å². The predicted octanol–water partition coefficient (Wildman–Crippen LogP) is 3.68. The van der Waals surface area contributed by atoms with E-state index in [1.165, 1.54) is 30.4 Å². The molecule has 2 aromatic heterocycles. The van der Waals surface area contributed by atoms with Gasteiger partial charge in [0.05, 0.1) is 12.5 Å².